The minimum atomic E-state index is -3.53. The Hall–Kier alpha value is -2.04. The van der Waals surface area contributed by atoms with Crippen LogP contribution in [0.1, 0.15) is 5.56 Å². The Morgan fingerprint density at radius 1 is 1.36 bits per heavy atom. The highest BCUT2D eigenvalue weighted by Gasteiger charge is 2.18. The number of pyridine rings is 1. The molecule has 10 heteroatoms. The number of hydrogen-bond acceptors (Lipinski definition) is 7. The molecule has 0 unspecified atom stereocenters. The molecule has 0 aliphatic heterocycles. The lowest BCUT2D eigenvalue weighted by atomic mass is 10.2. The molecule has 118 valence electrons. The molecule has 0 aliphatic rings. The average Bonchev–Trinajstić information content (AvgIpc) is 2.98. The van der Waals surface area contributed by atoms with Crippen LogP contribution in [0.5, 0.6) is 0 Å². The fraction of sp³-hybridized carbons (Fsp3) is 0.250. The van der Waals surface area contributed by atoms with Gasteiger partial charge in [0.15, 0.2) is 0 Å². The third kappa shape index (κ3) is 3.78. The van der Waals surface area contributed by atoms with Gasteiger partial charge in [-0.05, 0) is 24.4 Å². The summed E-state index contributed by atoms with van der Waals surface area (Å²) in [5, 5.41) is 15.5. The normalized spacial score (nSPS) is 11.3. The zero-order valence-corrected chi connectivity index (χ0v) is 13.3. The smallest absolute Gasteiger partial charge is 0.314 e. The second-order valence-corrected chi connectivity index (χ2v) is 7.28. The van der Waals surface area contributed by atoms with Crippen LogP contribution in [0, 0.1) is 17.0 Å². The minimum absolute atomic E-state index is 0.0903. The van der Waals surface area contributed by atoms with Gasteiger partial charge in [0.25, 0.3) is 0 Å². The van der Waals surface area contributed by atoms with E-state index in [1.54, 1.807) is 24.4 Å². The van der Waals surface area contributed by atoms with Gasteiger partial charge in [0.1, 0.15) is 4.21 Å². The second-order valence-electron chi connectivity index (χ2n) is 4.34. The van der Waals surface area contributed by atoms with Crippen molar-refractivity contribution in [3.05, 3.63) is 45.5 Å². The molecule has 0 atom stereocenters. The van der Waals surface area contributed by atoms with Crippen molar-refractivity contribution in [2.45, 2.75) is 11.1 Å². The number of hydrogen-bond donors (Lipinski definition) is 2. The molecule has 2 aromatic heterocycles. The molecule has 2 rings (SSSR count). The lowest BCUT2D eigenvalue weighted by molar-refractivity contribution is -0.384. The maximum absolute atomic E-state index is 11.9. The number of aromatic nitrogens is 1. The first-order chi connectivity index (χ1) is 10.4. The first-order valence-electron chi connectivity index (χ1n) is 6.29. The van der Waals surface area contributed by atoms with Crippen LogP contribution in [0.25, 0.3) is 0 Å². The van der Waals surface area contributed by atoms with E-state index in [-0.39, 0.29) is 28.8 Å². The Bertz CT molecular complexity index is 759. The number of rotatable bonds is 7. The van der Waals surface area contributed by atoms with Crippen LogP contribution in [0.3, 0.4) is 0 Å². The molecule has 0 aromatic carbocycles. The standard InChI is InChI=1S/C12H14N4O4S2/c1-9-4-5-13-12(11(9)16(17)18)14-6-7-15-22(19,20)10-3-2-8-21-10/h2-5,8,15H,6-7H2,1H3,(H,13,14). The first kappa shape index (κ1) is 16.3. The fourth-order valence-electron chi connectivity index (χ4n) is 1.76. The summed E-state index contributed by atoms with van der Waals surface area (Å²) in [5.74, 6) is 0.125. The van der Waals surface area contributed by atoms with Gasteiger partial charge < -0.3 is 5.32 Å². The van der Waals surface area contributed by atoms with E-state index in [2.05, 4.69) is 15.0 Å². The summed E-state index contributed by atoms with van der Waals surface area (Å²) < 4.78 is 26.4. The number of thiophene rings is 1. The molecule has 0 fully saturated rings. The molecule has 2 heterocycles. The van der Waals surface area contributed by atoms with Crippen LogP contribution in [0.2, 0.25) is 0 Å². The van der Waals surface area contributed by atoms with Crippen molar-refractivity contribution in [1.82, 2.24) is 9.71 Å². The van der Waals surface area contributed by atoms with Crippen LogP contribution >= 0.6 is 11.3 Å². The largest absolute Gasteiger partial charge is 0.363 e. The van der Waals surface area contributed by atoms with E-state index >= 15 is 0 Å². The molecule has 8 nitrogen and oxygen atoms in total. The Morgan fingerprint density at radius 3 is 2.77 bits per heavy atom. The van der Waals surface area contributed by atoms with Crippen molar-refractivity contribution in [3.63, 3.8) is 0 Å². The van der Waals surface area contributed by atoms with Crippen molar-refractivity contribution in [3.8, 4) is 0 Å². The predicted octanol–water partition coefficient (Wildman–Crippen LogP) is 1.75. The van der Waals surface area contributed by atoms with Crippen molar-refractivity contribution >= 4 is 32.9 Å². The van der Waals surface area contributed by atoms with Crippen LogP contribution in [0.4, 0.5) is 11.5 Å². The van der Waals surface area contributed by atoms with Gasteiger partial charge in [-0.15, -0.1) is 11.3 Å². The number of nitrogens with zero attached hydrogens (tertiary/aromatic N) is 2. The van der Waals surface area contributed by atoms with Gasteiger partial charge >= 0.3 is 5.69 Å². The van der Waals surface area contributed by atoms with Crippen LogP contribution in [-0.4, -0.2) is 31.4 Å². The lowest BCUT2D eigenvalue weighted by Crippen LogP contribution is -2.28. The highest BCUT2D eigenvalue weighted by Crippen LogP contribution is 2.25. The molecule has 0 saturated heterocycles. The third-order valence-electron chi connectivity index (χ3n) is 2.78. The summed E-state index contributed by atoms with van der Waals surface area (Å²) in [6.07, 6.45) is 1.46. The van der Waals surface area contributed by atoms with Crippen molar-refractivity contribution in [2.24, 2.45) is 0 Å². The zero-order chi connectivity index (χ0) is 16.2. The van der Waals surface area contributed by atoms with Gasteiger partial charge in [0, 0.05) is 24.8 Å². The van der Waals surface area contributed by atoms with E-state index in [1.165, 1.54) is 12.3 Å². The second kappa shape index (κ2) is 6.81. The average molecular weight is 342 g/mol. The maximum Gasteiger partial charge on any atom is 0.314 e. The van der Waals surface area contributed by atoms with Crippen molar-refractivity contribution in [2.75, 3.05) is 18.4 Å². The van der Waals surface area contributed by atoms with E-state index < -0.39 is 14.9 Å². The SMILES string of the molecule is Cc1ccnc(NCCNS(=O)(=O)c2cccs2)c1[N+](=O)[O-]. The van der Waals surface area contributed by atoms with Crippen molar-refractivity contribution < 1.29 is 13.3 Å². The maximum atomic E-state index is 11.9. The molecule has 0 saturated carbocycles. The summed E-state index contributed by atoms with van der Waals surface area (Å²) in [4.78, 5) is 14.4. The quantitative estimate of drug-likeness (QED) is 0.450. The number of nitro groups is 1. The number of aryl methyl sites for hydroxylation is 1. The summed E-state index contributed by atoms with van der Waals surface area (Å²) >= 11 is 1.12. The molecule has 0 bridgehead atoms. The van der Waals surface area contributed by atoms with Gasteiger partial charge in [0.2, 0.25) is 15.8 Å². The Labute approximate surface area is 131 Å². The van der Waals surface area contributed by atoms with Gasteiger partial charge in [-0.1, -0.05) is 6.07 Å². The Morgan fingerprint density at radius 2 is 2.14 bits per heavy atom. The summed E-state index contributed by atoms with van der Waals surface area (Å²) in [6.45, 7) is 1.89. The number of sulfonamides is 1. The minimum Gasteiger partial charge on any atom is -0.363 e. The van der Waals surface area contributed by atoms with Gasteiger partial charge in [0.05, 0.1) is 4.92 Å². The molecular weight excluding hydrogens is 328 g/mol. The topological polar surface area (TPSA) is 114 Å². The molecule has 2 N–H and O–H groups in total. The summed E-state index contributed by atoms with van der Waals surface area (Å²) in [6, 6.07) is 4.70. The Balaban J connectivity index is 1.95. The zero-order valence-electron chi connectivity index (χ0n) is 11.6. The van der Waals surface area contributed by atoms with Crippen molar-refractivity contribution in [1.29, 1.82) is 0 Å². The number of nitrogens with one attached hydrogen (secondary N) is 2. The third-order valence-corrected chi connectivity index (χ3v) is 5.64. The summed E-state index contributed by atoms with van der Waals surface area (Å²) in [5.41, 5.74) is 0.380. The van der Waals surface area contributed by atoms with E-state index in [4.69, 9.17) is 0 Å². The highest BCUT2D eigenvalue weighted by molar-refractivity contribution is 7.91. The lowest BCUT2D eigenvalue weighted by Gasteiger charge is -2.08. The highest BCUT2D eigenvalue weighted by atomic mass is 32.2. The van der Waals surface area contributed by atoms with E-state index in [0.717, 1.165) is 11.3 Å². The molecule has 22 heavy (non-hydrogen) atoms. The molecule has 0 aliphatic carbocycles. The van der Waals surface area contributed by atoms with Gasteiger partial charge in [-0.2, -0.15) is 0 Å². The van der Waals surface area contributed by atoms with E-state index in [0.29, 0.717) is 5.56 Å². The monoisotopic (exact) mass is 342 g/mol. The predicted molar refractivity (Wildman–Crippen MR) is 83.6 cm³/mol. The van der Waals surface area contributed by atoms with E-state index in [1.807, 2.05) is 0 Å². The van der Waals surface area contributed by atoms with Crippen LogP contribution in [-0.2, 0) is 10.0 Å². The fourth-order valence-corrected chi connectivity index (χ4v) is 3.83. The van der Waals surface area contributed by atoms with Crippen LogP contribution in [0.15, 0.2) is 34.0 Å². The first-order valence-corrected chi connectivity index (χ1v) is 8.65. The van der Waals surface area contributed by atoms with Gasteiger partial charge in [-0.3, -0.25) is 10.1 Å². The summed E-state index contributed by atoms with van der Waals surface area (Å²) in [7, 11) is -3.53. The van der Waals surface area contributed by atoms with Crippen LogP contribution < -0.4 is 10.0 Å². The van der Waals surface area contributed by atoms with Gasteiger partial charge in [-0.25, -0.2) is 18.1 Å². The van der Waals surface area contributed by atoms with E-state index in [9.17, 15) is 18.5 Å². The Kier molecular flexibility index (Phi) is 5.06. The molecule has 0 radical (unpaired) electrons. The molecule has 0 spiro atoms. The number of anilines is 1. The molecule has 2 aromatic rings. The molecule has 0 amide bonds. The molecular formula is C12H14N4O4S2.